The Kier molecular flexibility index (Phi) is 8.66. The molecule has 1 aromatic rings. The summed E-state index contributed by atoms with van der Waals surface area (Å²) in [6.07, 6.45) is 9.80. The number of carboxylic acids is 2. The van der Waals surface area contributed by atoms with Crippen LogP contribution in [0, 0.1) is 56.7 Å². The molecule has 9 atom stereocenters. The molecule has 0 aromatic heterocycles. The van der Waals surface area contributed by atoms with Crippen LogP contribution in [0.1, 0.15) is 116 Å². The van der Waals surface area contributed by atoms with Gasteiger partial charge in [0.1, 0.15) is 0 Å². The average Bonchev–Trinajstić information content (AvgIpc) is 3.41. The second kappa shape index (κ2) is 11.8. The second-order valence-corrected chi connectivity index (χ2v) is 17.3. The van der Waals surface area contributed by atoms with Crippen LogP contribution in [0.15, 0.2) is 42.5 Å². The molecule has 0 amide bonds. The number of nitrogens with one attached hydrogen (secondary N) is 1. The Morgan fingerprint density at radius 2 is 1.60 bits per heavy atom. The summed E-state index contributed by atoms with van der Waals surface area (Å²) in [5, 5.41) is 42.4. The number of rotatable bonds is 9. The van der Waals surface area contributed by atoms with Crippen LogP contribution in [0.3, 0.4) is 0 Å². The van der Waals surface area contributed by atoms with Gasteiger partial charge in [-0.1, -0.05) is 77.1 Å². The highest BCUT2D eigenvalue weighted by atomic mass is 16.5. The molecule has 47 heavy (non-hydrogen) atoms. The maximum Gasteiger partial charge on any atom is 0.309 e. The van der Waals surface area contributed by atoms with E-state index in [1.54, 1.807) is 0 Å². The van der Waals surface area contributed by atoms with Gasteiger partial charge in [-0.3, -0.25) is 9.59 Å². The van der Waals surface area contributed by atoms with E-state index in [-0.39, 0.29) is 39.9 Å². The van der Waals surface area contributed by atoms with Crippen molar-refractivity contribution in [3.8, 4) is 0 Å². The highest BCUT2D eigenvalue weighted by Gasteiger charge is 2.71. The lowest BCUT2D eigenvalue weighted by molar-refractivity contribution is -0.228. The van der Waals surface area contributed by atoms with E-state index in [0.29, 0.717) is 42.8 Å². The minimum atomic E-state index is -1.47. The molecule has 7 nitrogen and oxygen atoms in total. The summed E-state index contributed by atoms with van der Waals surface area (Å²) in [7, 11) is 0. The van der Waals surface area contributed by atoms with Crippen molar-refractivity contribution in [2.75, 3.05) is 13.1 Å². The maximum atomic E-state index is 13.2. The van der Waals surface area contributed by atoms with Crippen molar-refractivity contribution in [1.29, 1.82) is 0 Å². The molecular weight excluding hydrogens is 590 g/mol. The summed E-state index contributed by atoms with van der Waals surface area (Å²) >= 11 is 0. The molecular formula is C40H57NO6. The molecule has 0 spiro atoms. The molecule has 5 aliphatic rings. The van der Waals surface area contributed by atoms with Gasteiger partial charge in [0.25, 0.3) is 0 Å². The van der Waals surface area contributed by atoms with E-state index in [2.05, 4.69) is 52.6 Å². The first-order chi connectivity index (χ1) is 22.0. The highest BCUT2D eigenvalue weighted by Crippen LogP contribution is 2.77. The van der Waals surface area contributed by atoms with Gasteiger partial charge < -0.3 is 25.7 Å². The molecule has 258 valence electrons. The van der Waals surface area contributed by atoms with Crippen LogP contribution in [0.5, 0.6) is 0 Å². The molecule has 4 saturated carbocycles. The minimum absolute atomic E-state index is 0.0300. The number of aliphatic hydroxyl groups excluding tert-OH is 1. The fourth-order valence-corrected chi connectivity index (χ4v) is 12.9. The molecule has 5 N–H and O–H groups in total. The van der Waals surface area contributed by atoms with E-state index >= 15 is 0 Å². The lowest BCUT2D eigenvalue weighted by atomic mass is 9.32. The van der Waals surface area contributed by atoms with Gasteiger partial charge in [-0.2, -0.15) is 0 Å². The van der Waals surface area contributed by atoms with Crippen LogP contribution in [0.2, 0.25) is 0 Å². The summed E-state index contributed by atoms with van der Waals surface area (Å²) in [5.74, 6) is 0.111. The zero-order chi connectivity index (χ0) is 34.2. The number of allylic oxidation sites excluding steroid dienone is 2. The Labute approximate surface area is 280 Å². The lowest BCUT2D eigenvalue weighted by Crippen LogP contribution is -2.66. The van der Waals surface area contributed by atoms with E-state index in [9.17, 15) is 24.9 Å². The Bertz CT molecular complexity index is 1450. The van der Waals surface area contributed by atoms with Gasteiger partial charge in [0.15, 0.2) is 6.29 Å². The van der Waals surface area contributed by atoms with Crippen molar-refractivity contribution < 1.29 is 30.0 Å². The van der Waals surface area contributed by atoms with Gasteiger partial charge in [-0.25, -0.2) is 0 Å². The second-order valence-electron chi connectivity index (χ2n) is 17.3. The third kappa shape index (κ3) is 5.08. The smallest absolute Gasteiger partial charge is 0.309 e. The summed E-state index contributed by atoms with van der Waals surface area (Å²) in [5.41, 5.74) is 3.58. The first-order valence-corrected chi connectivity index (χ1v) is 18.0. The predicted molar refractivity (Wildman–Crippen MR) is 183 cm³/mol. The van der Waals surface area contributed by atoms with Crippen molar-refractivity contribution in [2.45, 2.75) is 105 Å². The third-order valence-electron chi connectivity index (χ3n) is 15.3. The Hall–Kier alpha value is -2.48. The van der Waals surface area contributed by atoms with E-state index in [4.69, 9.17) is 5.11 Å². The first-order valence-electron chi connectivity index (χ1n) is 18.0. The maximum absolute atomic E-state index is 13.2. The molecule has 9 unspecified atom stereocenters. The molecule has 0 heterocycles. The third-order valence-corrected chi connectivity index (χ3v) is 15.3. The molecule has 4 fully saturated rings. The Balaban J connectivity index is 1.30. The molecule has 7 heteroatoms. The van der Waals surface area contributed by atoms with E-state index in [1.165, 1.54) is 5.57 Å². The monoisotopic (exact) mass is 647 g/mol. The largest absolute Gasteiger partial charge is 0.481 e. The van der Waals surface area contributed by atoms with Crippen LogP contribution >= 0.6 is 0 Å². The number of benzene rings is 1. The van der Waals surface area contributed by atoms with Crippen molar-refractivity contribution in [3.63, 3.8) is 0 Å². The number of aliphatic hydroxyl groups is 2. The van der Waals surface area contributed by atoms with Crippen LogP contribution in [-0.2, 0) is 9.59 Å². The van der Waals surface area contributed by atoms with Gasteiger partial charge in [0.05, 0.1) is 11.8 Å². The van der Waals surface area contributed by atoms with Crippen molar-refractivity contribution in [3.05, 3.63) is 53.6 Å². The van der Waals surface area contributed by atoms with Crippen LogP contribution in [0.25, 0.3) is 5.57 Å². The Morgan fingerprint density at radius 3 is 2.23 bits per heavy atom. The number of aliphatic carboxylic acids is 2. The van der Waals surface area contributed by atoms with Crippen molar-refractivity contribution in [1.82, 2.24) is 5.32 Å². The average molecular weight is 648 g/mol. The van der Waals surface area contributed by atoms with Gasteiger partial charge >= 0.3 is 11.9 Å². The van der Waals surface area contributed by atoms with Gasteiger partial charge in [0.2, 0.25) is 0 Å². The number of fused-ring (bicyclic) bond motifs is 7. The fourth-order valence-electron chi connectivity index (χ4n) is 12.9. The molecule has 5 aliphatic carbocycles. The molecule has 0 saturated heterocycles. The summed E-state index contributed by atoms with van der Waals surface area (Å²) < 4.78 is 0. The highest BCUT2D eigenvalue weighted by molar-refractivity contribution is 5.76. The SMILES string of the molecule is C=C(CNCCC(=O)O)C1CCC2(C(=O)O)CCC3(C)C(CCC4C5(C)CC=C(c6ccc(C(O)O)cc6)C(C)(C)C5CCC43C)C12. The van der Waals surface area contributed by atoms with Gasteiger partial charge in [-0.15, -0.1) is 0 Å². The number of carboxylic acid groups (broad SMARTS) is 2. The number of hydrogen-bond acceptors (Lipinski definition) is 5. The molecule has 1 aromatic carbocycles. The van der Waals surface area contributed by atoms with Gasteiger partial charge in [0, 0.05) is 18.7 Å². The van der Waals surface area contributed by atoms with E-state index < -0.39 is 23.6 Å². The van der Waals surface area contributed by atoms with Crippen LogP contribution in [0.4, 0.5) is 0 Å². The molecule has 0 radical (unpaired) electrons. The molecule has 0 bridgehead atoms. The van der Waals surface area contributed by atoms with Crippen molar-refractivity contribution >= 4 is 17.5 Å². The minimum Gasteiger partial charge on any atom is -0.481 e. The lowest BCUT2D eigenvalue weighted by Gasteiger charge is -2.72. The number of hydrogen-bond donors (Lipinski definition) is 5. The summed E-state index contributed by atoms with van der Waals surface area (Å²) in [6.45, 7) is 17.9. The fraction of sp³-hybridized carbons (Fsp3) is 0.700. The summed E-state index contributed by atoms with van der Waals surface area (Å²) in [4.78, 5) is 24.2. The van der Waals surface area contributed by atoms with E-state index in [0.717, 1.165) is 62.5 Å². The molecule has 0 aliphatic heterocycles. The Morgan fingerprint density at radius 1 is 0.894 bits per heavy atom. The standard InChI is InChI=1S/C40H57NO6/c1-24(23-41-22-16-32(42)43)27-13-19-40(35(46)47)21-20-38(5)29(33(27)40)11-12-31-37(4)17-14-28(25-7-9-26(10-8-25)34(44)45)36(2,3)30(37)15-18-39(31,38)6/h7-10,14,27,29-31,33-34,41,44-45H,1,11-13,15-23H2,2-6H3,(H,42,43)(H,46,47). The zero-order valence-electron chi connectivity index (χ0n) is 29.1. The van der Waals surface area contributed by atoms with E-state index in [1.807, 2.05) is 24.3 Å². The predicted octanol–water partition coefficient (Wildman–Crippen LogP) is 7.45. The number of carbonyl (C=O) groups is 2. The summed E-state index contributed by atoms with van der Waals surface area (Å²) in [6, 6.07) is 7.72. The zero-order valence-corrected chi connectivity index (χ0v) is 29.1. The van der Waals surface area contributed by atoms with Crippen LogP contribution in [-0.4, -0.2) is 45.5 Å². The first kappa shape index (κ1) is 34.4. The topological polar surface area (TPSA) is 127 Å². The van der Waals surface area contributed by atoms with Crippen molar-refractivity contribution in [2.24, 2.45) is 56.7 Å². The quantitative estimate of drug-likeness (QED) is 0.107. The van der Waals surface area contributed by atoms with Crippen LogP contribution < -0.4 is 5.32 Å². The van der Waals surface area contributed by atoms with Gasteiger partial charge in [-0.05, 0) is 120 Å². The normalized spacial score (nSPS) is 40.4. The molecule has 6 rings (SSSR count).